The van der Waals surface area contributed by atoms with E-state index >= 15 is 0 Å². The van der Waals surface area contributed by atoms with E-state index in [1.807, 2.05) is 13.8 Å². The second-order valence-corrected chi connectivity index (χ2v) is 6.22. The van der Waals surface area contributed by atoms with E-state index in [-0.39, 0.29) is 22.8 Å². The van der Waals surface area contributed by atoms with Crippen LogP contribution in [-0.4, -0.2) is 22.4 Å². The highest BCUT2D eigenvalue weighted by molar-refractivity contribution is 5.94. The molecule has 114 valence electrons. The Bertz CT molecular complexity index is 729. The lowest BCUT2D eigenvalue weighted by molar-refractivity contribution is -0.117. The van der Waals surface area contributed by atoms with Crippen LogP contribution >= 0.6 is 0 Å². The first-order valence-corrected chi connectivity index (χ1v) is 6.94. The number of aromatic nitrogens is 2. The second-order valence-electron chi connectivity index (χ2n) is 6.22. The van der Waals surface area contributed by atoms with Crippen LogP contribution < -0.4 is 4.90 Å². The Morgan fingerprint density at radius 1 is 1.18 bits per heavy atom. The van der Waals surface area contributed by atoms with Crippen LogP contribution in [-0.2, 0) is 4.79 Å². The fourth-order valence-corrected chi connectivity index (χ4v) is 2.58. The zero-order chi connectivity index (χ0) is 15.9. The summed E-state index contributed by atoms with van der Waals surface area (Å²) in [5.74, 6) is -0.820. The van der Waals surface area contributed by atoms with E-state index in [4.69, 9.17) is 0 Å². The molecule has 4 nitrogen and oxygen atoms in total. The van der Waals surface area contributed by atoms with E-state index in [0.29, 0.717) is 18.5 Å². The highest BCUT2D eigenvalue weighted by Crippen LogP contribution is 2.32. The molecule has 2 aromatic rings. The average molecular weight is 303 g/mol. The maximum atomic E-state index is 13.7. The second kappa shape index (κ2) is 5.12. The van der Waals surface area contributed by atoms with Crippen molar-refractivity contribution in [2.45, 2.75) is 20.3 Å². The molecule has 1 aromatic carbocycles. The smallest absolute Gasteiger partial charge is 0.232 e. The Kier molecular flexibility index (Phi) is 3.39. The molecule has 1 aliphatic rings. The lowest BCUT2D eigenvalue weighted by Crippen LogP contribution is -2.27. The van der Waals surface area contributed by atoms with Crippen molar-refractivity contribution < 1.29 is 13.6 Å². The molecule has 0 spiro atoms. The monoisotopic (exact) mass is 303 g/mol. The van der Waals surface area contributed by atoms with Gasteiger partial charge < -0.3 is 0 Å². The van der Waals surface area contributed by atoms with Gasteiger partial charge in [-0.2, -0.15) is 0 Å². The summed E-state index contributed by atoms with van der Waals surface area (Å²) in [5, 5.41) is 0. The molecule has 1 aliphatic heterocycles. The van der Waals surface area contributed by atoms with E-state index in [9.17, 15) is 13.6 Å². The summed E-state index contributed by atoms with van der Waals surface area (Å²) in [4.78, 5) is 21.8. The molecule has 0 radical (unpaired) electrons. The van der Waals surface area contributed by atoms with E-state index in [1.165, 1.54) is 17.3 Å². The van der Waals surface area contributed by atoms with Crippen molar-refractivity contribution in [3.8, 4) is 11.1 Å². The lowest BCUT2D eigenvalue weighted by Gasteiger charge is -2.17. The third-order valence-electron chi connectivity index (χ3n) is 3.64. The molecule has 1 saturated heterocycles. The number of rotatable bonds is 2. The fraction of sp³-hybridized carbons (Fsp3) is 0.312. The standard InChI is InChI=1S/C16H15F2N3O/c1-16(2)6-14(22)21(9-16)15-19-7-10(8-20-15)12-5-11(17)3-4-13(12)18/h3-5,7-8H,6,9H2,1-2H3. The van der Waals surface area contributed by atoms with Gasteiger partial charge in [-0.15, -0.1) is 0 Å². The zero-order valence-electron chi connectivity index (χ0n) is 12.3. The van der Waals surface area contributed by atoms with Crippen LogP contribution in [0.5, 0.6) is 0 Å². The topological polar surface area (TPSA) is 46.1 Å². The number of nitrogens with zero attached hydrogens (tertiary/aromatic N) is 3. The summed E-state index contributed by atoms with van der Waals surface area (Å²) >= 11 is 0. The Balaban J connectivity index is 1.90. The van der Waals surface area contributed by atoms with Gasteiger partial charge in [-0.1, -0.05) is 13.8 Å². The molecule has 1 aromatic heterocycles. The van der Waals surface area contributed by atoms with E-state index in [1.54, 1.807) is 0 Å². The Hall–Kier alpha value is -2.37. The first kappa shape index (κ1) is 14.6. The van der Waals surface area contributed by atoms with Gasteiger partial charge >= 0.3 is 0 Å². The first-order valence-electron chi connectivity index (χ1n) is 6.94. The van der Waals surface area contributed by atoms with Crippen LogP contribution in [0.4, 0.5) is 14.7 Å². The molecule has 6 heteroatoms. The number of carbonyl (C=O) groups is 1. The summed E-state index contributed by atoms with van der Waals surface area (Å²) in [6.45, 7) is 4.54. The number of hydrogen-bond donors (Lipinski definition) is 0. The van der Waals surface area contributed by atoms with Crippen molar-refractivity contribution in [3.63, 3.8) is 0 Å². The SMILES string of the molecule is CC1(C)CC(=O)N(c2ncc(-c3cc(F)ccc3F)cn2)C1. The molecular formula is C16H15F2N3O. The van der Waals surface area contributed by atoms with Gasteiger partial charge in [0, 0.05) is 36.5 Å². The average Bonchev–Trinajstić information content (AvgIpc) is 2.75. The van der Waals surface area contributed by atoms with Crippen molar-refractivity contribution in [2.75, 3.05) is 11.4 Å². The number of halogens is 2. The Morgan fingerprint density at radius 3 is 2.45 bits per heavy atom. The van der Waals surface area contributed by atoms with Crippen LogP contribution in [0.25, 0.3) is 11.1 Å². The molecule has 22 heavy (non-hydrogen) atoms. The van der Waals surface area contributed by atoms with Gasteiger partial charge in [0.15, 0.2) is 0 Å². The molecule has 1 amide bonds. The minimum Gasteiger partial charge on any atom is -0.280 e. The summed E-state index contributed by atoms with van der Waals surface area (Å²) in [7, 11) is 0. The van der Waals surface area contributed by atoms with Crippen LogP contribution in [0, 0.1) is 17.0 Å². The molecule has 0 N–H and O–H groups in total. The van der Waals surface area contributed by atoms with Crippen molar-refractivity contribution >= 4 is 11.9 Å². The van der Waals surface area contributed by atoms with Gasteiger partial charge in [0.25, 0.3) is 0 Å². The summed E-state index contributed by atoms with van der Waals surface area (Å²) in [5.41, 5.74) is 0.347. The summed E-state index contributed by atoms with van der Waals surface area (Å²) in [6, 6.07) is 3.21. The van der Waals surface area contributed by atoms with Gasteiger partial charge in [-0.05, 0) is 23.6 Å². The van der Waals surface area contributed by atoms with E-state index in [0.717, 1.165) is 18.2 Å². The molecular weight excluding hydrogens is 288 g/mol. The van der Waals surface area contributed by atoms with Crippen LogP contribution in [0.15, 0.2) is 30.6 Å². The van der Waals surface area contributed by atoms with Crippen molar-refractivity contribution in [1.29, 1.82) is 0 Å². The quantitative estimate of drug-likeness (QED) is 0.856. The van der Waals surface area contributed by atoms with Crippen LogP contribution in [0.3, 0.4) is 0 Å². The largest absolute Gasteiger partial charge is 0.280 e. The van der Waals surface area contributed by atoms with Gasteiger partial charge in [0.2, 0.25) is 11.9 Å². The summed E-state index contributed by atoms with van der Waals surface area (Å²) in [6.07, 6.45) is 3.24. The fourth-order valence-electron chi connectivity index (χ4n) is 2.58. The normalized spacial score (nSPS) is 17.1. The van der Waals surface area contributed by atoms with Crippen molar-refractivity contribution in [3.05, 3.63) is 42.2 Å². The van der Waals surface area contributed by atoms with Gasteiger partial charge in [-0.25, -0.2) is 18.7 Å². The predicted octanol–water partition coefficient (Wildman–Crippen LogP) is 3.18. The van der Waals surface area contributed by atoms with Crippen molar-refractivity contribution in [1.82, 2.24) is 9.97 Å². The molecule has 2 heterocycles. The van der Waals surface area contributed by atoms with Crippen molar-refractivity contribution in [2.24, 2.45) is 5.41 Å². The molecule has 0 unspecified atom stereocenters. The lowest BCUT2D eigenvalue weighted by atomic mass is 9.93. The van der Waals surface area contributed by atoms with Gasteiger partial charge in [-0.3, -0.25) is 9.69 Å². The minimum atomic E-state index is -0.545. The predicted molar refractivity (Wildman–Crippen MR) is 78.1 cm³/mol. The van der Waals surface area contributed by atoms with E-state index in [2.05, 4.69) is 9.97 Å². The molecule has 0 saturated carbocycles. The van der Waals surface area contributed by atoms with Gasteiger partial charge in [0.05, 0.1) is 0 Å². The number of anilines is 1. The maximum absolute atomic E-state index is 13.7. The highest BCUT2D eigenvalue weighted by Gasteiger charge is 2.37. The number of hydrogen-bond acceptors (Lipinski definition) is 3. The van der Waals surface area contributed by atoms with Crippen LogP contribution in [0.2, 0.25) is 0 Å². The number of carbonyl (C=O) groups excluding carboxylic acids is 1. The molecule has 3 rings (SSSR count). The first-order chi connectivity index (χ1) is 10.4. The van der Waals surface area contributed by atoms with Gasteiger partial charge in [0.1, 0.15) is 11.6 Å². The number of amides is 1. The third-order valence-corrected chi connectivity index (χ3v) is 3.64. The third kappa shape index (κ3) is 2.68. The Labute approximate surface area is 126 Å². The summed E-state index contributed by atoms with van der Waals surface area (Å²) < 4.78 is 27.0. The minimum absolute atomic E-state index is 0.0327. The van der Waals surface area contributed by atoms with Crippen LogP contribution in [0.1, 0.15) is 20.3 Å². The zero-order valence-corrected chi connectivity index (χ0v) is 12.3. The Morgan fingerprint density at radius 2 is 1.86 bits per heavy atom. The van der Waals surface area contributed by atoms with E-state index < -0.39 is 11.6 Å². The number of benzene rings is 1. The molecule has 0 bridgehead atoms. The highest BCUT2D eigenvalue weighted by atomic mass is 19.1. The molecule has 1 fully saturated rings. The molecule has 0 aliphatic carbocycles. The molecule has 0 atom stereocenters. The maximum Gasteiger partial charge on any atom is 0.232 e.